The summed E-state index contributed by atoms with van der Waals surface area (Å²) in [5, 5.41) is 0. The van der Waals surface area contributed by atoms with Gasteiger partial charge >= 0.3 is 0 Å². The summed E-state index contributed by atoms with van der Waals surface area (Å²) >= 11 is 0. The minimum Gasteiger partial charge on any atom is -0.380 e. The molecule has 0 radical (unpaired) electrons. The normalized spacial score (nSPS) is 18.0. The summed E-state index contributed by atoms with van der Waals surface area (Å²) in [5.41, 5.74) is 5.85. The number of amides is 1. The fourth-order valence-electron chi connectivity index (χ4n) is 2.39. The van der Waals surface area contributed by atoms with Crippen LogP contribution in [-0.2, 0) is 4.74 Å². The fraction of sp³-hybridized carbons (Fsp3) is 0.438. The predicted molar refractivity (Wildman–Crippen MR) is 78.3 cm³/mol. The quantitative estimate of drug-likeness (QED) is 0.837. The molecule has 1 aliphatic rings. The number of ether oxygens (including phenoxy) is 1. The topological polar surface area (TPSA) is 55.6 Å². The van der Waals surface area contributed by atoms with E-state index in [-0.39, 0.29) is 24.1 Å². The molecule has 1 atom stereocenters. The summed E-state index contributed by atoms with van der Waals surface area (Å²) in [6, 6.07) is 4.35. The first kappa shape index (κ1) is 15.5. The first-order chi connectivity index (χ1) is 10.2. The SMILES string of the molecule is COC1CCCN(C(=O)c2ccc(C#CCN)c(F)c2)C1. The number of carbonyl (C=O) groups excluding carboxylic acids is 1. The summed E-state index contributed by atoms with van der Waals surface area (Å²) in [6.07, 6.45) is 1.90. The van der Waals surface area contributed by atoms with Gasteiger partial charge in [0.1, 0.15) is 5.82 Å². The van der Waals surface area contributed by atoms with Crippen LogP contribution in [0.4, 0.5) is 4.39 Å². The number of hydrogen-bond acceptors (Lipinski definition) is 3. The van der Waals surface area contributed by atoms with Crippen LogP contribution in [0.5, 0.6) is 0 Å². The van der Waals surface area contributed by atoms with Gasteiger partial charge in [-0.05, 0) is 31.0 Å². The summed E-state index contributed by atoms with van der Waals surface area (Å²) in [4.78, 5) is 14.1. The molecule has 1 aliphatic heterocycles. The lowest BCUT2D eigenvalue weighted by molar-refractivity contribution is 0.0268. The number of hydrogen-bond donors (Lipinski definition) is 1. The Kier molecular flexibility index (Phi) is 5.32. The van der Waals surface area contributed by atoms with Crippen LogP contribution in [-0.4, -0.2) is 43.7 Å². The molecule has 0 aromatic heterocycles. The second kappa shape index (κ2) is 7.21. The maximum absolute atomic E-state index is 13.9. The molecule has 1 heterocycles. The molecule has 2 rings (SSSR count). The molecule has 1 saturated heterocycles. The van der Waals surface area contributed by atoms with E-state index in [1.54, 1.807) is 18.1 Å². The van der Waals surface area contributed by atoms with Crippen molar-refractivity contribution in [1.29, 1.82) is 0 Å². The highest BCUT2D eigenvalue weighted by atomic mass is 19.1. The van der Waals surface area contributed by atoms with Crippen LogP contribution in [0.15, 0.2) is 18.2 Å². The number of methoxy groups -OCH3 is 1. The van der Waals surface area contributed by atoms with E-state index in [1.807, 2.05) is 0 Å². The summed E-state index contributed by atoms with van der Waals surface area (Å²) in [7, 11) is 1.64. The minimum atomic E-state index is -0.498. The van der Waals surface area contributed by atoms with Crippen molar-refractivity contribution in [3.63, 3.8) is 0 Å². The Labute approximate surface area is 124 Å². The lowest BCUT2D eigenvalue weighted by atomic mass is 10.1. The Balaban J connectivity index is 2.14. The molecule has 2 N–H and O–H groups in total. The van der Waals surface area contributed by atoms with Crippen molar-refractivity contribution in [3.05, 3.63) is 35.1 Å². The highest BCUT2D eigenvalue weighted by Gasteiger charge is 2.24. The molecule has 21 heavy (non-hydrogen) atoms. The van der Waals surface area contributed by atoms with Crippen molar-refractivity contribution in [3.8, 4) is 11.8 Å². The molecule has 0 bridgehead atoms. The number of piperidine rings is 1. The van der Waals surface area contributed by atoms with Gasteiger partial charge in [-0.1, -0.05) is 11.8 Å². The van der Waals surface area contributed by atoms with Crippen LogP contribution in [0.1, 0.15) is 28.8 Å². The summed E-state index contributed by atoms with van der Waals surface area (Å²) < 4.78 is 19.2. The molecule has 0 aliphatic carbocycles. The predicted octanol–water partition coefficient (Wildman–Crippen LogP) is 1.39. The van der Waals surface area contributed by atoms with E-state index in [0.29, 0.717) is 18.7 Å². The van der Waals surface area contributed by atoms with Gasteiger partial charge in [0, 0.05) is 25.8 Å². The highest BCUT2D eigenvalue weighted by Crippen LogP contribution is 2.17. The third-order valence-electron chi connectivity index (χ3n) is 3.54. The largest absolute Gasteiger partial charge is 0.380 e. The van der Waals surface area contributed by atoms with Gasteiger partial charge in [-0.2, -0.15) is 0 Å². The zero-order valence-corrected chi connectivity index (χ0v) is 12.1. The van der Waals surface area contributed by atoms with E-state index in [9.17, 15) is 9.18 Å². The van der Waals surface area contributed by atoms with Gasteiger partial charge in [0.15, 0.2) is 0 Å². The second-order valence-corrected chi connectivity index (χ2v) is 4.95. The molecular formula is C16H19FN2O2. The molecule has 1 amide bonds. The number of nitrogens with two attached hydrogens (primary N) is 1. The molecule has 0 saturated carbocycles. The molecule has 1 aromatic carbocycles. The zero-order valence-electron chi connectivity index (χ0n) is 12.1. The van der Waals surface area contributed by atoms with E-state index < -0.39 is 5.82 Å². The lowest BCUT2D eigenvalue weighted by Crippen LogP contribution is -2.42. The number of nitrogens with zero attached hydrogens (tertiary/aromatic N) is 1. The van der Waals surface area contributed by atoms with Gasteiger partial charge in [-0.15, -0.1) is 0 Å². The number of benzene rings is 1. The van der Waals surface area contributed by atoms with E-state index in [2.05, 4.69) is 11.8 Å². The highest BCUT2D eigenvalue weighted by molar-refractivity contribution is 5.94. The third-order valence-corrected chi connectivity index (χ3v) is 3.54. The monoisotopic (exact) mass is 290 g/mol. The van der Waals surface area contributed by atoms with Crippen LogP contribution < -0.4 is 5.73 Å². The van der Waals surface area contributed by atoms with Gasteiger partial charge < -0.3 is 15.4 Å². The Hall–Kier alpha value is -1.90. The van der Waals surface area contributed by atoms with Crippen LogP contribution in [0.25, 0.3) is 0 Å². The number of likely N-dealkylation sites (tertiary alicyclic amines) is 1. The Bertz CT molecular complexity index is 577. The molecule has 0 spiro atoms. The van der Waals surface area contributed by atoms with Crippen LogP contribution >= 0.6 is 0 Å². The van der Waals surface area contributed by atoms with E-state index in [0.717, 1.165) is 12.8 Å². The molecule has 112 valence electrons. The fourth-order valence-corrected chi connectivity index (χ4v) is 2.39. The summed E-state index contributed by atoms with van der Waals surface area (Å²) in [5.74, 6) is 4.57. The van der Waals surface area contributed by atoms with Crippen molar-refractivity contribution in [2.45, 2.75) is 18.9 Å². The van der Waals surface area contributed by atoms with Crippen LogP contribution in [0, 0.1) is 17.7 Å². The Morgan fingerprint density at radius 1 is 1.57 bits per heavy atom. The molecule has 1 fully saturated rings. The number of rotatable bonds is 2. The standard InChI is InChI=1S/C16H19FN2O2/c1-21-14-5-3-9-19(11-14)16(20)13-7-6-12(4-2-8-18)15(17)10-13/h6-7,10,14H,3,5,8-9,11,18H2,1H3. The Morgan fingerprint density at radius 2 is 2.38 bits per heavy atom. The van der Waals surface area contributed by atoms with Crippen molar-refractivity contribution in [2.24, 2.45) is 5.73 Å². The van der Waals surface area contributed by atoms with Crippen LogP contribution in [0.2, 0.25) is 0 Å². The van der Waals surface area contributed by atoms with Gasteiger partial charge in [0.05, 0.1) is 18.2 Å². The van der Waals surface area contributed by atoms with Crippen molar-refractivity contribution >= 4 is 5.91 Å². The lowest BCUT2D eigenvalue weighted by Gasteiger charge is -2.32. The molecule has 5 heteroatoms. The Morgan fingerprint density at radius 3 is 3.05 bits per heavy atom. The van der Waals surface area contributed by atoms with Crippen LogP contribution in [0.3, 0.4) is 0 Å². The summed E-state index contributed by atoms with van der Waals surface area (Å²) in [6.45, 7) is 1.40. The molecule has 1 unspecified atom stereocenters. The second-order valence-electron chi connectivity index (χ2n) is 4.95. The first-order valence-corrected chi connectivity index (χ1v) is 6.96. The third kappa shape index (κ3) is 3.81. The molecular weight excluding hydrogens is 271 g/mol. The van der Waals surface area contributed by atoms with E-state index in [4.69, 9.17) is 10.5 Å². The maximum atomic E-state index is 13.9. The average molecular weight is 290 g/mol. The number of carbonyl (C=O) groups is 1. The minimum absolute atomic E-state index is 0.0576. The first-order valence-electron chi connectivity index (χ1n) is 6.96. The van der Waals surface area contributed by atoms with Crippen molar-refractivity contribution in [2.75, 3.05) is 26.7 Å². The van der Waals surface area contributed by atoms with E-state index in [1.165, 1.54) is 12.1 Å². The zero-order chi connectivity index (χ0) is 15.2. The smallest absolute Gasteiger partial charge is 0.254 e. The number of halogens is 1. The molecule has 4 nitrogen and oxygen atoms in total. The molecule has 1 aromatic rings. The van der Waals surface area contributed by atoms with Gasteiger partial charge in [-0.3, -0.25) is 4.79 Å². The maximum Gasteiger partial charge on any atom is 0.254 e. The van der Waals surface area contributed by atoms with Gasteiger partial charge in [0.2, 0.25) is 0 Å². The van der Waals surface area contributed by atoms with Gasteiger partial charge in [-0.25, -0.2) is 4.39 Å². The van der Waals surface area contributed by atoms with E-state index >= 15 is 0 Å². The average Bonchev–Trinajstić information content (AvgIpc) is 2.53. The van der Waals surface area contributed by atoms with Crippen molar-refractivity contribution < 1.29 is 13.9 Å². The van der Waals surface area contributed by atoms with Crippen molar-refractivity contribution in [1.82, 2.24) is 4.90 Å². The van der Waals surface area contributed by atoms with Gasteiger partial charge in [0.25, 0.3) is 5.91 Å².